The summed E-state index contributed by atoms with van der Waals surface area (Å²) in [5.74, 6) is -1.78. The van der Waals surface area contributed by atoms with Crippen LogP contribution < -0.4 is 4.74 Å². The monoisotopic (exact) mass is 385 g/mol. The van der Waals surface area contributed by atoms with Crippen molar-refractivity contribution >= 4 is 32.8 Å². The molecule has 20 heavy (non-hydrogen) atoms. The Kier molecular flexibility index (Phi) is 4.90. The van der Waals surface area contributed by atoms with Crippen LogP contribution in [0.3, 0.4) is 0 Å². The lowest BCUT2D eigenvalue weighted by Gasteiger charge is -2.16. The van der Waals surface area contributed by atoms with Crippen molar-refractivity contribution in [3.63, 3.8) is 0 Å². The number of carbonyl (C=O) groups excluding carboxylic acids is 1. The summed E-state index contributed by atoms with van der Waals surface area (Å²) < 4.78 is 77.4. The highest BCUT2D eigenvalue weighted by atomic mass is 79.9. The Morgan fingerprint density at radius 1 is 1.30 bits per heavy atom. The first-order valence-corrected chi connectivity index (χ1v) is 6.08. The zero-order chi connectivity index (χ0) is 15.7. The highest BCUT2D eigenvalue weighted by Gasteiger charge is 2.41. The molecule has 1 aromatic rings. The van der Waals surface area contributed by atoms with E-state index in [0.29, 0.717) is 6.07 Å². The van der Waals surface area contributed by atoms with E-state index in [1.54, 1.807) is 0 Å². The standard InChI is InChI=1S/C9H3BrClF6NO2/c10-2-3-1-4(8(12,13)14)7(20-9(15,16)17)18-5(3)6(11)19/h1H,2H2. The Labute approximate surface area is 121 Å². The van der Waals surface area contributed by atoms with E-state index < -0.39 is 34.9 Å². The summed E-state index contributed by atoms with van der Waals surface area (Å²) in [5.41, 5.74) is -2.83. The van der Waals surface area contributed by atoms with Crippen molar-refractivity contribution in [2.75, 3.05) is 0 Å². The van der Waals surface area contributed by atoms with E-state index >= 15 is 0 Å². The van der Waals surface area contributed by atoms with Crippen LogP contribution in [0.1, 0.15) is 21.6 Å². The topological polar surface area (TPSA) is 39.2 Å². The molecule has 0 saturated carbocycles. The molecule has 0 spiro atoms. The molecule has 0 bridgehead atoms. The van der Waals surface area contributed by atoms with Gasteiger partial charge in [-0.15, -0.1) is 13.2 Å². The average molecular weight is 386 g/mol. The lowest BCUT2D eigenvalue weighted by molar-refractivity contribution is -0.277. The fourth-order valence-electron chi connectivity index (χ4n) is 1.20. The second-order valence-electron chi connectivity index (χ2n) is 3.30. The predicted octanol–water partition coefficient (Wildman–Crippen LogP) is 4.27. The van der Waals surface area contributed by atoms with Crippen LogP contribution in [-0.4, -0.2) is 16.6 Å². The number of rotatable bonds is 3. The SMILES string of the molecule is O=C(Cl)c1nc(OC(F)(F)F)c(C(F)(F)F)cc1CBr. The average Bonchev–Trinajstić information content (AvgIpc) is 2.24. The number of halogens is 8. The molecule has 1 aromatic heterocycles. The van der Waals surface area contributed by atoms with Crippen molar-refractivity contribution in [3.05, 3.63) is 22.9 Å². The van der Waals surface area contributed by atoms with Crippen LogP contribution in [0.25, 0.3) is 0 Å². The Balaban J connectivity index is 3.52. The van der Waals surface area contributed by atoms with E-state index in [9.17, 15) is 31.1 Å². The highest BCUT2D eigenvalue weighted by molar-refractivity contribution is 9.08. The van der Waals surface area contributed by atoms with Gasteiger partial charge in [0.05, 0.1) is 0 Å². The van der Waals surface area contributed by atoms with Crippen LogP contribution >= 0.6 is 27.5 Å². The number of alkyl halides is 7. The molecule has 0 N–H and O–H groups in total. The van der Waals surface area contributed by atoms with Gasteiger partial charge in [-0.1, -0.05) is 15.9 Å². The summed E-state index contributed by atoms with van der Waals surface area (Å²) in [6, 6.07) is 0.318. The van der Waals surface area contributed by atoms with Gasteiger partial charge in [-0.3, -0.25) is 4.79 Å². The van der Waals surface area contributed by atoms with Crippen LogP contribution in [0.2, 0.25) is 0 Å². The molecular formula is C9H3BrClF6NO2. The summed E-state index contributed by atoms with van der Waals surface area (Å²) in [6.07, 6.45) is -10.5. The Morgan fingerprint density at radius 2 is 1.85 bits per heavy atom. The molecule has 0 fully saturated rings. The molecule has 0 atom stereocenters. The van der Waals surface area contributed by atoms with Gasteiger partial charge in [0.2, 0.25) is 5.88 Å². The normalized spacial score (nSPS) is 12.4. The molecule has 11 heteroatoms. The maximum atomic E-state index is 12.7. The summed E-state index contributed by atoms with van der Waals surface area (Å²) in [5, 5.41) is -1.57. The molecule has 0 saturated heterocycles. The van der Waals surface area contributed by atoms with Gasteiger partial charge in [0.15, 0.2) is 0 Å². The van der Waals surface area contributed by atoms with E-state index in [1.807, 2.05) is 0 Å². The third-order valence-corrected chi connectivity index (χ3v) is 2.70. The van der Waals surface area contributed by atoms with Gasteiger partial charge in [-0.25, -0.2) is 4.98 Å². The van der Waals surface area contributed by atoms with Gasteiger partial charge in [-0.05, 0) is 23.2 Å². The molecule has 0 aliphatic rings. The van der Waals surface area contributed by atoms with Crippen LogP contribution in [0.15, 0.2) is 6.07 Å². The molecule has 0 unspecified atom stereocenters. The molecule has 0 amide bonds. The van der Waals surface area contributed by atoms with Gasteiger partial charge in [-0.2, -0.15) is 13.2 Å². The van der Waals surface area contributed by atoms with Crippen molar-refractivity contribution in [1.29, 1.82) is 0 Å². The minimum Gasteiger partial charge on any atom is -0.387 e. The number of nitrogens with zero attached hydrogens (tertiary/aromatic N) is 1. The first-order chi connectivity index (χ1) is 8.95. The zero-order valence-corrected chi connectivity index (χ0v) is 11.4. The van der Waals surface area contributed by atoms with Crippen molar-refractivity contribution < 1.29 is 35.9 Å². The van der Waals surface area contributed by atoms with E-state index in [-0.39, 0.29) is 10.9 Å². The van der Waals surface area contributed by atoms with E-state index in [1.165, 1.54) is 0 Å². The van der Waals surface area contributed by atoms with Gasteiger partial charge in [0, 0.05) is 5.33 Å². The quantitative estimate of drug-likeness (QED) is 0.442. The zero-order valence-electron chi connectivity index (χ0n) is 9.07. The van der Waals surface area contributed by atoms with Crippen LogP contribution in [0.5, 0.6) is 5.88 Å². The smallest absolute Gasteiger partial charge is 0.387 e. The summed E-state index contributed by atoms with van der Waals surface area (Å²) >= 11 is 7.84. The summed E-state index contributed by atoms with van der Waals surface area (Å²) in [4.78, 5) is 13.9. The molecule has 1 heterocycles. The van der Waals surface area contributed by atoms with Crippen LogP contribution in [-0.2, 0) is 11.5 Å². The summed E-state index contributed by atoms with van der Waals surface area (Å²) in [7, 11) is 0. The maximum Gasteiger partial charge on any atom is 0.574 e. The van der Waals surface area contributed by atoms with E-state index in [2.05, 4.69) is 25.7 Å². The Hall–Kier alpha value is -1.03. The van der Waals surface area contributed by atoms with E-state index in [4.69, 9.17) is 11.6 Å². The van der Waals surface area contributed by atoms with Gasteiger partial charge in [0.25, 0.3) is 5.24 Å². The van der Waals surface area contributed by atoms with E-state index in [0.717, 1.165) is 0 Å². The molecule has 0 aliphatic heterocycles. The predicted molar refractivity (Wildman–Crippen MR) is 58.7 cm³/mol. The first-order valence-electron chi connectivity index (χ1n) is 4.58. The number of hydrogen-bond acceptors (Lipinski definition) is 3. The van der Waals surface area contributed by atoms with Crippen molar-refractivity contribution in [1.82, 2.24) is 4.98 Å². The molecule has 0 radical (unpaired) electrons. The molecule has 112 valence electrons. The lowest BCUT2D eigenvalue weighted by Crippen LogP contribution is -2.22. The Morgan fingerprint density at radius 3 is 2.20 bits per heavy atom. The van der Waals surface area contributed by atoms with Crippen molar-refractivity contribution in [2.24, 2.45) is 0 Å². The number of aromatic nitrogens is 1. The summed E-state index contributed by atoms with van der Waals surface area (Å²) in [6.45, 7) is 0. The van der Waals surface area contributed by atoms with Gasteiger partial charge < -0.3 is 4.74 Å². The maximum absolute atomic E-state index is 12.7. The molecule has 0 aliphatic carbocycles. The first kappa shape index (κ1) is 17.0. The van der Waals surface area contributed by atoms with Gasteiger partial charge >= 0.3 is 12.5 Å². The number of carbonyl (C=O) groups is 1. The molecule has 0 aromatic carbocycles. The minimum atomic E-state index is -5.39. The third-order valence-electron chi connectivity index (χ3n) is 1.91. The third kappa shape index (κ3) is 4.23. The van der Waals surface area contributed by atoms with Gasteiger partial charge in [0.1, 0.15) is 11.3 Å². The van der Waals surface area contributed by atoms with Crippen molar-refractivity contribution in [2.45, 2.75) is 17.9 Å². The van der Waals surface area contributed by atoms with Crippen LogP contribution in [0.4, 0.5) is 26.3 Å². The lowest BCUT2D eigenvalue weighted by atomic mass is 10.1. The fourth-order valence-corrected chi connectivity index (χ4v) is 1.79. The van der Waals surface area contributed by atoms with Crippen LogP contribution in [0, 0.1) is 0 Å². The highest BCUT2D eigenvalue weighted by Crippen LogP contribution is 2.38. The number of hydrogen-bond donors (Lipinski definition) is 0. The molecule has 1 rings (SSSR count). The Bertz CT molecular complexity index is 530. The van der Waals surface area contributed by atoms with Crippen molar-refractivity contribution in [3.8, 4) is 5.88 Å². The minimum absolute atomic E-state index is 0.261. The number of ether oxygens (including phenoxy) is 1. The molecule has 3 nitrogen and oxygen atoms in total. The molecular weight excluding hydrogens is 383 g/mol. The fraction of sp³-hybridized carbons (Fsp3) is 0.333. The largest absolute Gasteiger partial charge is 0.574 e. The second kappa shape index (κ2) is 5.76. The second-order valence-corrected chi connectivity index (χ2v) is 4.21. The number of pyridine rings is 1.